The fourth-order valence-electron chi connectivity index (χ4n) is 3.28. The molecule has 3 amide bonds. The van der Waals surface area contributed by atoms with Crippen LogP contribution in [0.15, 0.2) is 12.5 Å². The summed E-state index contributed by atoms with van der Waals surface area (Å²) in [5.74, 6) is -3.06. The highest BCUT2D eigenvalue weighted by Gasteiger charge is 2.37. The van der Waals surface area contributed by atoms with Crippen molar-refractivity contribution in [3.05, 3.63) is 18.2 Å². The van der Waals surface area contributed by atoms with Gasteiger partial charge >= 0.3 is 5.97 Å². The van der Waals surface area contributed by atoms with E-state index in [1.807, 2.05) is 0 Å². The molecule has 7 N–H and O–H groups in total. The molecular weight excluding hydrogens is 396 g/mol. The van der Waals surface area contributed by atoms with Crippen LogP contribution in [0, 0.1) is 0 Å². The molecule has 0 spiro atoms. The summed E-state index contributed by atoms with van der Waals surface area (Å²) in [5, 5.41) is 23.2. The van der Waals surface area contributed by atoms with Crippen LogP contribution < -0.4 is 16.4 Å². The summed E-state index contributed by atoms with van der Waals surface area (Å²) in [6, 6.07) is -4.18. The van der Waals surface area contributed by atoms with Crippen LogP contribution in [0.5, 0.6) is 0 Å². The third-order valence-electron chi connectivity index (χ3n) is 4.95. The predicted octanol–water partition coefficient (Wildman–Crippen LogP) is -2.27. The molecule has 0 bridgehead atoms. The number of aliphatic hydroxyl groups excluding tert-OH is 1. The number of hydrogen-bond acceptors (Lipinski definition) is 7. The van der Waals surface area contributed by atoms with Crippen LogP contribution in [0.4, 0.5) is 0 Å². The Bertz CT molecular complexity index is 767. The first-order valence-electron chi connectivity index (χ1n) is 9.66. The molecule has 1 saturated heterocycles. The van der Waals surface area contributed by atoms with Gasteiger partial charge in [-0.05, 0) is 26.7 Å². The summed E-state index contributed by atoms with van der Waals surface area (Å²) in [5.41, 5.74) is 6.70. The van der Waals surface area contributed by atoms with Crippen molar-refractivity contribution in [2.24, 2.45) is 5.73 Å². The number of carboxylic acids is 1. The van der Waals surface area contributed by atoms with E-state index < -0.39 is 48.1 Å². The summed E-state index contributed by atoms with van der Waals surface area (Å²) in [7, 11) is 0. The summed E-state index contributed by atoms with van der Waals surface area (Å²) < 4.78 is 0. The Labute approximate surface area is 173 Å². The number of rotatable bonds is 9. The van der Waals surface area contributed by atoms with Crippen molar-refractivity contribution < 1.29 is 29.4 Å². The summed E-state index contributed by atoms with van der Waals surface area (Å²) in [6.07, 6.45) is 3.03. The van der Waals surface area contributed by atoms with E-state index in [-0.39, 0.29) is 12.3 Å². The van der Waals surface area contributed by atoms with E-state index in [9.17, 15) is 24.3 Å². The lowest BCUT2D eigenvalue weighted by molar-refractivity contribution is -0.145. The minimum atomic E-state index is -1.50. The second-order valence-electron chi connectivity index (χ2n) is 7.37. The van der Waals surface area contributed by atoms with E-state index in [1.165, 1.54) is 25.1 Å². The quantitative estimate of drug-likeness (QED) is 0.255. The van der Waals surface area contributed by atoms with Gasteiger partial charge in [-0.2, -0.15) is 0 Å². The molecule has 1 aromatic heterocycles. The number of nitrogens with zero attached hydrogens (tertiary/aromatic N) is 2. The summed E-state index contributed by atoms with van der Waals surface area (Å²) >= 11 is 0. The number of H-pyrrole nitrogens is 1. The van der Waals surface area contributed by atoms with Crippen molar-refractivity contribution in [3.8, 4) is 0 Å². The Kier molecular flexibility index (Phi) is 7.89. The molecule has 5 unspecified atom stereocenters. The first-order chi connectivity index (χ1) is 14.1. The van der Waals surface area contributed by atoms with Crippen LogP contribution in [0.1, 0.15) is 32.4 Å². The van der Waals surface area contributed by atoms with E-state index in [0.717, 1.165) is 0 Å². The number of carboxylic acid groups (broad SMARTS) is 1. The topological polar surface area (TPSA) is 191 Å². The smallest absolute Gasteiger partial charge is 0.328 e. The maximum Gasteiger partial charge on any atom is 0.328 e. The van der Waals surface area contributed by atoms with E-state index in [0.29, 0.717) is 25.1 Å². The second kappa shape index (κ2) is 10.2. The molecule has 1 fully saturated rings. The standard InChI is InChI=1S/C18H28N6O6/c1-9(15(26)23-14(10(2)25)18(29)30)22-16(27)13-4-3-5-24(13)17(28)12(19)6-11-7-20-8-21-11/h7-10,12-14,25H,3-6,19H2,1-2H3,(H,20,21)(H,22,27)(H,23,26)(H,29,30). The Hall–Kier alpha value is -2.99. The molecule has 0 saturated carbocycles. The van der Waals surface area contributed by atoms with Crippen molar-refractivity contribution in [2.75, 3.05) is 6.54 Å². The molecule has 12 heteroatoms. The van der Waals surface area contributed by atoms with Crippen LogP contribution in [0.25, 0.3) is 0 Å². The number of aliphatic carboxylic acids is 1. The number of imidazole rings is 1. The SMILES string of the molecule is CC(NC(=O)C1CCCN1C(=O)C(N)Cc1cnc[nH]1)C(=O)NC(C(=O)O)C(C)O. The minimum absolute atomic E-state index is 0.248. The number of nitrogens with one attached hydrogen (secondary N) is 3. The first kappa shape index (κ1) is 23.3. The monoisotopic (exact) mass is 424 g/mol. The highest BCUT2D eigenvalue weighted by Crippen LogP contribution is 2.19. The van der Waals surface area contributed by atoms with Gasteiger partial charge in [0.1, 0.15) is 12.1 Å². The fraction of sp³-hybridized carbons (Fsp3) is 0.611. The Balaban J connectivity index is 1.95. The van der Waals surface area contributed by atoms with Crippen LogP contribution in [-0.4, -0.2) is 85.6 Å². The van der Waals surface area contributed by atoms with Gasteiger partial charge in [-0.1, -0.05) is 0 Å². The van der Waals surface area contributed by atoms with Crippen molar-refractivity contribution in [2.45, 2.75) is 63.4 Å². The summed E-state index contributed by atoms with van der Waals surface area (Å²) in [4.78, 5) is 56.8. The second-order valence-corrected chi connectivity index (χ2v) is 7.37. The number of carbonyl (C=O) groups is 4. The highest BCUT2D eigenvalue weighted by molar-refractivity contribution is 5.94. The van der Waals surface area contributed by atoms with E-state index >= 15 is 0 Å². The molecule has 2 rings (SSSR count). The fourth-order valence-corrected chi connectivity index (χ4v) is 3.28. The molecular formula is C18H28N6O6. The normalized spacial score (nSPS) is 20.1. The number of aliphatic hydroxyl groups is 1. The van der Waals surface area contributed by atoms with Gasteiger partial charge in [-0.15, -0.1) is 0 Å². The number of amides is 3. The highest BCUT2D eigenvalue weighted by atomic mass is 16.4. The average Bonchev–Trinajstić information content (AvgIpc) is 3.36. The Morgan fingerprint density at radius 2 is 2.03 bits per heavy atom. The predicted molar refractivity (Wildman–Crippen MR) is 104 cm³/mol. The van der Waals surface area contributed by atoms with Gasteiger partial charge in [-0.3, -0.25) is 14.4 Å². The molecule has 0 aliphatic carbocycles. The lowest BCUT2D eigenvalue weighted by atomic mass is 10.1. The van der Waals surface area contributed by atoms with Gasteiger partial charge in [0.05, 0.1) is 18.5 Å². The van der Waals surface area contributed by atoms with Crippen LogP contribution >= 0.6 is 0 Å². The number of aromatic nitrogens is 2. The Morgan fingerprint density at radius 1 is 1.33 bits per heavy atom. The van der Waals surface area contributed by atoms with Crippen LogP contribution in [0.3, 0.4) is 0 Å². The molecule has 1 aliphatic heterocycles. The third-order valence-corrected chi connectivity index (χ3v) is 4.95. The van der Waals surface area contributed by atoms with Gasteiger partial charge in [0.15, 0.2) is 6.04 Å². The molecule has 1 aromatic rings. The number of likely N-dealkylation sites (tertiary alicyclic amines) is 1. The number of nitrogens with two attached hydrogens (primary N) is 1. The van der Waals surface area contributed by atoms with Gasteiger partial charge in [0.2, 0.25) is 17.7 Å². The number of carbonyl (C=O) groups excluding carboxylic acids is 3. The van der Waals surface area contributed by atoms with Crippen molar-refractivity contribution >= 4 is 23.7 Å². The number of aromatic amines is 1. The zero-order chi connectivity index (χ0) is 22.4. The van der Waals surface area contributed by atoms with Gasteiger partial charge in [0, 0.05) is 24.9 Å². The average molecular weight is 424 g/mol. The molecule has 2 heterocycles. The maximum atomic E-state index is 12.7. The largest absolute Gasteiger partial charge is 0.480 e. The van der Waals surface area contributed by atoms with Crippen LogP contribution in [0.2, 0.25) is 0 Å². The van der Waals surface area contributed by atoms with Crippen molar-refractivity contribution in [3.63, 3.8) is 0 Å². The minimum Gasteiger partial charge on any atom is -0.480 e. The van der Waals surface area contributed by atoms with Gasteiger partial charge < -0.3 is 36.5 Å². The van der Waals surface area contributed by atoms with Gasteiger partial charge in [0.25, 0.3) is 0 Å². The van der Waals surface area contributed by atoms with E-state index in [1.54, 1.807) is 6.20 Å². The zero-order valence-electron chi connectivity index (χ0n) is 16.9. The van der Waals surface area contributed by atoms with Crippen molar-refractivity contribution in [1.82, 2.24) is 25.5 Å². The van der Waals surface area contributed by atoms with E-state index in [4.69, 9.17) is 10.8 Å². The van der Waals surface area contributed by atoms with E-state index in [2.05, 4.69) is 20.6 Å². The number of hydrogen-bond donors (Lipinski definition) is 6. The molecule has 12 nitrogen and oxygen atoms in total. The summed E-state index contributed by atoms with van der Waals surface area (Å²) in [6.45, 7) is 2.99. The molecule has 30 heavy (non-hydrogen) atoms. The zero-order valence-corrected chi connectivity index (χ0v) is 16.9. The van der Waals surface area contributed by atoms with Crippen LogP contribution in [-0.2, 0) is 25.6 Å². The lowest BCUT2D eigenvalue weighted by Crippen LogP contribution is -2.57. The molecule has 166 valence electrons. The molecule has 1 aliphatic rings. The Morgan fingerprint density at radius 3 is 2.60 bits per heavy atom. The maximum absolute atomic E-state index is 12.7. The molecule has 5 atom stereocenters. The lowest BCUT2D eigenvalue weighted by Gasteiger charge is -2.28. The van der Waals surface area contributed by atoms with Gasteiger partial charge in [-0.25, -0.2) is 9.78 Å². The molecule has 0 aromatic carbocycles. The van der Waals surface area contributed by atoms with Crippen molar-refractivity contribution in [1.29, 1.82) is 0 Å². The first-order valence-corrected chi connectivity index (χ1v) is 9.66. The molecule has 0 radical (unpaired) electrons. The third kappa shape index (κ3) is 5.76.